The first-order valence-corrected chi connectivity index (χ1v) is 9.60. The third-order valence-corrected chi connectivity index (χ3v) is 6.58. The van der Waals surface area contributed by atoms with Crippen LogP contribution in [0, 0.1) is 11.8 Å². The van der Waals surface area contributed by atoms with Crippen molar-refractivity contribution in [2.75, 3.05) is 19.6 Å². The first-order valence-electron chi connectivity index (χ1n) is 8.72. The van der Waals surface area contributed by atoms with Crippen LogP contribution in [0.4, 0.5) is 0 Å². The third-order valence-electron chi connectivity index (χ3n) is 5.58. The van der Waals surface area contributed by atoms with Crippen LogP contribution < -0.4 is 5.32 Å². The summed E-state index contributed by atoms with van der Waals surface area (Å²) in [7, 11) is 0. The van der Waals surface area contributed by atoms with E-state index in [2.05, 4.69) is 42.4 Å². The Kier molecular flexibility index (Phi) is 5.03. The Balaban J connectivity index is 1.67. The predicted molar refractivity (Wildman–Crippen MR) is 92.0 cm³/mol. The first-order chi connectivity index (χ1) is 10.2. The summed E-state index contributed by atoms with van der Waals surface area (Å²) in [5, 5.41) is 6.02. The summed E-state index contributed by atoms with van der Waals surface area (Å²) in [5.41, 5.74) is 1.59. The molecule has 1 aromatic heterocycles. The summed E-state index contributed by atoms with van der Waals surface area (Å²) in [6.07, 6.45) is 5.42. The fourth-order valence-electron chi connectivity index (χ4n) is 4.34. The van der Waals surface area contributed by atoms with Crippen molar-refractivity contribution in [3.63, 3.8) is 0 Å². The van der Waals surface area contributed by atoms with Crippen LogP contribution in [-0.4, -0.2) is 30.6 Å². The molecule has 0 amide bonds. The third kappa shape index (κ3) is 3.35. The molecule has 1 aliphatic carbocycles. The molecule has 2 heterocycles. The minimum atomic E-state index is 0.611. The standard InChI is InChI=1S/C18H30N2S/c1-4-19-17-6-5-13(2)11-15(17)12-20-9-7-18-16(14(20)3)8-10-21-18/h8,10,13-15,17,19H,4-7,9,11-12H2,1-3H3. The zero-order valence-corrected chi connectivity index (χ0v) is 14.6. The maximum Gasteiger partial charge on any atom is 0.0331 e. The van der Waals surface area contributed by atoms with Crippen LogP contribution in [-0.2, 0) is 6.42 Å². The summed E-state index contributed by atoms with van der Waals surface area (Å²) in [5.74, 6) is 1.73. The quantitative estimate of drug-likeness (QED) is 0.901. The van der Waals surface area contributed by atoms with Gasteiger partial charge in [0.1, 0.15) is 0 Å². The lowest BCUT2D eigenvalue weighted by atomic mass is 9.78. The Hall–Kier alpha value is -0.380. The molecule has 3 rings (SSSR count). The van der Waals surface area contributed by atoms with Gasteiger partial charge < -0.3 is 5.32 Å². The number of nitrogens with zero attached hydrogens (tertiary/aromatic N) is 1. The molecule has 118 valence electrons. The van der Waals surface area contributed by atoms with E-state index >= 15 is 0 Å². The van der Waals surface area contributed by atoms with Crippen LogP contribution in [0.1, 0.15) is 56.5 Å². The van der Waals surface area contributed by atoms with E-state index in [9.17, 15) is 0 Å². The monoisotopic (exact) mass is 306 g/mol. The topological polar surface area (TPSA) is 15.3 Å². The van der Waals surface area contributed by atoms with Crippen LogP contribution in [0.15, 0.2) is 11.4 Å². The van der Waals surface area contributed by atoms with Gasteiger partial charge in [0, 0.05) is 30.1 Å². The largest absolute Gasteiger partial charge is 0.314 e. The van der Waals surface area contributed by atoms with Crippen LogP contribution in [0.5, 0.6) is 0 Å². The lowest BCUT2D eigenvalue weighted by Crippen LogP contribution is -2.47. The van der Waals surface area contributed by atoms with Gasteiger partial charge in [-0.05, 0) is 68.0 Å². The van der Waals surface area contributed by atoms with Gasteiger partial charge in [0.25, 0.3) is 0 Å². The van der Waals surface area contributed by atoms with Crippen LogP contribution in [0.25, 0.3) is 0 Å². The van der Waals surface area contributed by atoms with Gasteiger partial charge in [0.05, 0.1) is 0 Å². The highest BCUT2D eigenvalue weighted by Gasteiger charge is 2.32. The molecule has 4 unspecified atom stereocenters. The molecule has 0 spiro atoms. The lowest BCUT2D eigenvalue weighted by molar-refractivity contribution is 0.114. The van der Waals surface area contributed by atoms with Crippen LogP contribution in [0.2, 0.25) is 0 Å². The highest BCUT2D eigenvalue weighted by atomic mass is 32.1. The summed E-state index contributed by atoms with van der Waals surface area (Å²) >= 11 is 1.95. The van der Waals surface area contributed by atoms with Gasteiger partial charge in [0.2, 0.25) is 0 Å². The number of hydrogen-bond donors (Lipinski definition) is 1. The van der Waals surface area contributed by atoms with E-state index in [1.807, 2.05) is 11.3 Å². The van der Waals surface area contributed by atoms with Crippen molar-refractivity contribution in [1.82, 2.24) is 10.2 Å². The Morgan fingerprint density at radius 3 is 3.00 bits per heavy atom. The molecule has 1 N–H and O–H groups in total. The van der Waals surface area contributed by atoms with Crippen LogP contribution in [0.3, 0.4) is 0 Å². The van der Waals surface area contributed by atoms with Crippen molar-refractivity contribution in [3.8, 4) is 0 Å². The van der Waals surface area contributed by atoms with Gasteiger partial charge in [0.15, 0.2) is 0 Å². The highest BCUT2D eigenvalue weighted by Crippen LogP contribution is 2.36. The Bertz CT molecular complexity index is 456. The number of thiophene rings is 1. The second-order valence-electron chi connectivity index (χ2n) is 7.06. The lowest BCUT2D eigenvalue weighted by Gasteiger charge is -2.41. The zero-order chi connectivity index (χ0) is 14.8. The molecule has 0 bridgehead atoms. The van der Waals surface area contributed by atoms with Crippen LogP contribution >= 0.6 is 11.3 Å². The van der Waals surface area contributed by atoms with Crippen molar-refractivity contribution in [3.05, 3.63) is 21.9 Å². The van der Waals surface area contributed by atoms with E-state index in [1.165, 1.54) is 38.8 Å². The SMILES string of the molecule is CCNC1CCC(C)CC1CN1CCc2sccc2C1C. The van der Waals surface area contributed by atoms with Gasteiger partial charge in [-0.15, -0.1) is 11.3 Å². The van der Waals surface area contributed by atoms with Gasteiger partial charge in [-0.1, -0.05) is 13.8 Å². The maximum absolute atomic E-state index is 3.75. The molecule has 0 radical (unpaired) electrons. The molecule has 3 heteroatoms. The molecular formula is C18H30N2S. The molecular weight excluding hydrogens is 276 g/mol. The Morgan fingerprint density at radius 2 is 2.19 bits per heavy atom. The molecule has 1 saturated carbocycles. The molecule has 0 aromatic carbocycles. The Morgan fingerprint density at radius 1 is 1.33 bits per heavy atom. The van der Waals surface area contributed by atoms with Crippen molar-refractivity contribution < 1.29 is 0 Å². The average molecular weight is 307 g/mol. The van der Waals surface area contributed by atoms with Gasteiger partial charge in [-0.25, -0.2) is 0 Å². The number of rotatable bonds is 4. The fraction of sp³-hybridized carbons (Fsp3) is 0.778. The highest BCUT2D eigenvalue weighted by molar-refractivity contribution is 7.10. The molecule has 21 heavy (non-hydrogen) atoms. The average Bonchev–Trinajstić information content (AvgIpc) is 2.94. The van der Waals surface area contributed by atoms with E-state index in [-0.39, 0.29) is 0 Å². The van der Waals surface area contributed by atoms with Gasteiger partial charge >= 0.3 is 0 Å². The number of nitrogens with one attached hydrogen (secondary N) is 1. The molecule has 2 aliphatic rings. The van der Waals surface area contributed by atoms with Crippen molar-refractivity contribution in [2.45, 2.75) is 58.5 Å². The molecule has 2 nitrogen and oxygen atoms in total. The van der Waals surface area contributed by atoms with Crippen molar-refractivity contribution in [2.24, 2.45) is 11.8 Å². The van der Waals surface area contributed by atoms with E-state index in [1.54, 1.807) is 10.4 Å². The Labute approximate surface area is 133 Å². The fourth-order valence-corrected chi connectivity index (χ4v) is 5.31. The minimum Gasteiger partial charge on any atom is -0.314 e. The summed E-state index contributed by atoms with van der Waals surface area (Å²) in [6, 6.07) is 3.70. The molecule has 0 saturated heterocycles. The predicted octanol–water partition coefficient (Wildman–Crippen LogP) is 4.08. The molecule has 1 aliphatic heterocycles. The van der Waals surface area contributed by atoms with Crippen molar-refractivity contribution in [1.29, 1.82) is 0 Å². The van der Waals surface area contributed by atoms with Gasteiger partial charge in [-0.2, -0.15) is 0 Å². The summed E-state index contributed by atoms with van der Waals surface area (Å²) in [4.78, 5) is 4.36. The molecule has 4 atom stereocenters. The smallest absolute Gasteiger partial charge is 0.0331 e. The summed E-state index contributed by atoms with van der Waals surface area (Å²) in [6.45, 7) is 10.7. The normalized spacial score (nSPS) is 33.9. The number of fused-ring (bicyclic) bond motifs is 1. The van der Waals surface area contributed by atoms with Gasteiger partial charge in [-0.3, -0.25) is 4.90 Å². The number of hydrogen-bond acceptors (Lipinski definition) is 3. The maximum atomic E-state index is 3.75. The van der Waals surface area contributed by atoms with E-state index < -0.39 is 0 Å². The van der Waals surface area contributed by atoms with E-state index in [0.717, 1.165) is 24.4 Å². The summed E-state index contributed by atoms with van der Waals surface area (Å²) < 4.78 is 0. The minimum absolute atomic E-state index is 0.611. The molecule has 1 aromatic rings. The second-order valence-corrected chi connectivity index (χ2v) is 8.06. The van der Waals surface area contributed by atoms with Crippen molar-refractivity contribution >= 4 is 11.3 Å². The first kappa shape index (κ1) is 15.5. The van der Waals surface area contributed by atoms with E-state index in [0.29, 0.717) is 6.04 Å². The van der Waals surface area contributed by atoms with E-state index in [4.69, 9.17) is 0 Å². The molecule has 1 fully saturated rings. The zero-order valence-electron chi connectivity index (χ0n) is 13.8. The second kappa shape index (κ2) is 6.80.